The van der Waals surface area contributed by atoms with Crippen LogP contribution in [0.3, 0.4) is 0 Å². The summed E-state index contributed by atoms with van der Waals surface area (Å²) in [4.78, 5) is 0. The highest BCUT2D eigenvalue weighted by atomic mass is 35.5. The molecule has 2 aromatic rings. The van der Waals surface area contributed by atoms with Crippen LogP contribution < -0.4 is 9.47 Å². The monoisotopic (exact) mass is 308 g/mol. The Bertz CT molecular complexity index is 546. The fraction of sp³-hybridized carbons (Fsp3) is 0. The average molecular weight is 309 g/mol. The van der Waals surface area contributed by atoms with E-state index in [1.807, 2.05) is 36.4 Å². The number of hydrogen-bond acceptors (Lipinski definition) is 4. The topological polar surface area (TPSA) is 43.2 Å². The Morgan fingerprint density at radius 1 is 0.650 bits per heavy atom. The van der Waals surface area contributed by atoms with Gasteiger partial charge in [-0.05, 0) is 47.5 Å². The second-order valence-corrected chi connectivity index (χ2v) is 4.18. The number of benzene rings is 2. The van der Waals surface area contributed by atoms with Gasteiger partial charge < -0.3 is 9.47 Å². The SMILES string of the molecule is Cl/C(=N\N=C(/Cl)Oc1ccccc1)Oc1ccccc1. The summed E-state index contributed by atoms with van der Waals surface area (Å²) >= 11 is 11.5. The number of para-hydroxylation sites is 2. The zero-order valence-corrected chi connectivity index (χ0v) is 11.8. The fourth-order valence-corrected chi connectivity index (χ4v) is 1.54. The molecule has 2 rings (SSSR count). The van der Waals surface area contributed by atoms with Crippen molar-refractivity contribution in [2.45, 2.75) is 0 Å². The van der Waals surface area contributed by atoms with Crippen LogP contribution in [0.25, 0.3) is 0 Å². The molecule has 2 aromatic carbocycles. The van der Waals surface area contributed by atoms with Gasteiger partial charge in [0.05, 0.1) is 0 Å². The summed E-state index contributed by atoms with van der Waals surface area (Å²) in [5, 5.41) is 6.89. The van der Waals surface area contributed by atoms with Crippen LogP contribution in [0.15, 0.2) is 70.9 Å². The standard InChI is InChI=1S/C14H10Cl2N2O2/c15-13(19-11-7-3-1-4-8-11)17-18-14(16)20-12-9-5-2-6-10-12/h1-10H/b17-13+,18-14+. The molecule has 0 bridgehead atoms. The van der Waals surface area contributed by atoms with E-state index in [9.17, 15) is 0 Å². The first kappa shape index (κ1) is 14.4. The van der Waals surface area contributed by atoms with E-state index in [2.05, 4.69) is 10.2 Å². The predicted molar refractivity (Wildman–Crippen MR) is 80.7 cm³/mol. The van der Waals surface area contributed by atoms with E-state index in [0.29, 0.717) is 11.5 Å². The van der Waals surface area contributed by atoms with Gasteiger partial charge in [-0.3, -0.25) is 0 Å². The Morgan fingerprint density at radius 3 is 1.35 bits per heavy atom. The summed E-state index contributed by atoms with van der Waals surface area (Å²) in [6.07, 6.45) is 0. The van der Waals surface area contributed by atoms with Crippen LogP contribution in [0.5, 0.6) is 11.5 Å². The van der Waals surface area contributed by atoms with Crippen molar-refractivity contribution >= 4 is 33.9 Å². The number of hydrogen-bond donors (Lipinski definition) is 0. The van der Waals surface area contributed by atoms with Crippen molar-refractivity contribution in [2.75, 3.05) is 0 Å². The molecule has 6 heteroatoms. The van der Waals surface area contributed by atoms with E-state index in [0.717, 1.165) is 0 Å². The summed E-state index contributed by atoms with van der Waals surface area (Å²) in [6.45, 7) is 0. The number of halogens is 2. The predicted octanol–water partition coefficient (Wildman–Crippen LogP) is 4.25. The molecule has 0 N–H and O–H groups in total. The highest BCUT2D eigenvalue weighted by molar-refractivity contribution is 6.64. The van der Waals surface area contributed by atoms with Gasteiger partial charge in [-0.2, -0.15) is 0 Å². The maximum absolute atomic E-state index is 5.77. The summed E-state index contributed by atoms with van der Waals surface area (Å²) < 4.78 is 10.4. The summed E-state index contributed by atoms with van der Waals surface area (Å²) in [5.74, 6) is 1.10. The minimum absolute atomic E-state index is 0.161. The van der Waals surface area contributed by atoms with Gasteiger partial charge in [-0.15, -0.1) is 0 Å². The Balaban J connectivity index is 1.94. The Hall–Kier alpha value is -2.04. The molecule has 0 fully saturated rings. The quantitative estimate of drug-likeness (QED) is 0.483. The van der Waals surface area contributed by atoms with Crippen molar-refractivity contribution < 1.29 is 9.47 Å². The van der Waals surface area contributed by atoms with Gasteiger partial charge >= 0.3 is 10.7 Å². The van der Waals surface area contributed by atoms with Crippen LogP contribution in [-0.4, -0.2) is 10.7 Å². The molecule has 0 aliphatic carbocycles. The van der Waals surface area contributed by atoms with Gasteiger partial charge in [0.25, 0.3) is 0 Å². The highest BCUT2D eigenvalue weighted by Gasteiger charge is 2.00. The van der Waals surface area contributed by atoms with Crippen LogP contribution in [0.1, 0.15) is 0 Å². The second-order valence-electron chi connectivity index (χ2n) is 3.54. The molecule has 0 amide bonds. The van der Waals surface area contributed by atoms with Crippen molar-refractivity contribution in [1.82, 2.24) is 0 Å². The number of rotatable bonds is 3. The van der Waals surface area contributed by atoms with Crippen molar-refractivity contribution in [3.8, 4) is 11.5 Å². The molecule has 0 aliphatic rings. The first-order chi connectivity index (χ1) is 9.74. The van der Waals surface area contributed by atoms with Crippen molar-refractivity contribution in [2.24, 2.45) is 10.2 Å². The highest BCUT2D eigenvalue weighted by Crippen LogP contribution is 2.12. The molecule has 20 heavy (non-hydrogen) atoms. The zero-order chi connectivity index (χ0) is 14.2. The van der Waals surface area contributed by atoms with Gasteiger partial charge in [0.15, 0.2) is 0 Å². The maximum Gasteiger partial charge on any atom is 0.311 e. The number of ether oxygens (including phenoxy) is 2. The van der Waals surface area contributed by atoms with Crippen LogP contribution >= 0.6 is 23.2 Å². The van der Waals surface area contributed by atoms with Crippen molar-refractivity contribution in [3.63, 3.8) is 0 Å². The molecule has 0 unspecified atom stereocenters. The average Bonchev–Trinajstić information content (AvgIpc) is 2.47. The molecule has 0 heterocycles. The second kappa shape index (κ2) is 7.53. The summed E-state index contributed by atoms with van der Waals surface area (Å²) in [7, 11) is 0. The lowest BCUT2D eigenvalue weighted by molar-refractivity contribution is 0.551. The third-order valence-corrected chi connectivity index (χ3v) is 2.40. The van der Waals surface area contributed by atoms with Crippen LogP contribution in [0, 0.1) is 0 Å². The van der Waals surface area contributed by atoms with E-state index in [1.165, 1.54) is 0 Å². The smallest absolute Gasteiger partial charge is 0.311 e. The molecule has 0 saturated heterocycles. The first-order valence-electron chi connectivity index (χ1n) is 5.66. The fourth-order valence-electron chi connectivity index (χ4n) is 1.29. The third-order valence-electron chi connectivity index (χ3n) is 2.10. The Labute approximate surface area is 126 Å². The minimum Gasteiger partial charge on any atom is -0.429 e. The lowest BCUT2D eigenvalue weighted by Crippen LogP contribution is -2.02. The lowest BCUT2D eigenvalue weighted by Gasteiger charge is -2.01. The van der Waals surface area contributed by atoms with E-state index in [-0.39, 0.29) is 10.7 Å². The maximum atomic E-state index is 5.77. The molecular formula is C14H10Cl2N2O2. The van der Waals surface area contributed by atoms with Gasteiger partial charge in [0.2, 0.25) is 0 Å². The van der Waals surface area contributed by atoms with E-state index < -0.39 is 0 Å². The van der Waals surface area contributed by atoms with Crippen molar-refractivity contribution in [3.05, 3.63) is 60.7 Å². The van der Waals surface area contributed by atoms with Gasteiger partial charge in [-0.25, -0.2) is 0 Å². The molecule has 4 nitrogen and oxygen atoms in total. The largest absolute Gasteiger partial charge is 0.429 e. The molecule has 0 atom stereocenters. The molecule has 0 radical (unpaired) electrons. The van der Waals surface area contributed by atoms with Gasteiger partial charge in [0.1, 0.15) is 11.5 Å². The van der Waals surface area contributed by atoms with E-state index >= 15 is 0 Å². The summed E-state index contributed by atoms with van der Waals surface area (Å²) in [6, 6.07) is 17.9. The van der Waals surface area contributed by atoms with E-state index in [1.54, 1.807) is 24.3 Å². The molecule has 0 saturated carbocycles. The molecular weight excluding hydrogens is 299 g/mol. The normalized spacial score (nSPS) is 12.1. The summed E-state index contributed by atoms with van der Waals surface area (Å²) in [5.41, 5.74) is 0. The third kappa shape index (κ3) is 4.91. The minimum atomic E-state index is -0.161. The molecule has 0 spiro atoms. The van der Waals surface area contributed by atoms with Gasteiger partial charge in [-0.1, -0.05) is 46.6 Å². The van der Waals surface area contributed by atoms with Gasteiger partial charge in [0, 0.05) is 0 Å². The lowest BCUT2D eigenvalue weighted by atomic mass is 10.3. The van der Waals surface area contributed by atoms with Crippen LogP contribution in [0.4, 0.5) is 0 Å². The van der Waals surface area contributed by atoms with Crippen LogP contribution in [-0.2, 0) is 0 Å². The zero-order valence-electron chi connectivity index (χ0n) is 10.2. The molecule has 0 aliphatic heterocycles. The molecule has 0 aromatic heterocycles. The first-order valence-corrected chi connectivity index (χ1v) is 6.42. The molecule has 102 valence electrons. The Kier molecular flexibility index (Phi) is 5.41. The van der Waals surface area contributed by atoms with E-state index in [4.69, 9.17) is 32.7 Å². The Morgan fingerprint density at radius 2 is 1.00 bits per heavy atom. The van der Waals surface area contributed by atoms with Crippen LogP contribution in [0.2, 0.25) is 0 Å². The number of nitrogens with zero attached hydrogens (tertiary/aromatic N) is 2. The van der Waals surface area contributed by atoms with Crippen molar-refractivity contribution in [1.29, 1.82) is 0 Å².